The highest BCUT2D eigenvalue weighted by Crippen LogP contribution is 2.37. The van der Waals surface area contributed by atoms with Crippen LogP contribution in [-0.2, 0) is 23.0 Å². The van der Waals surface area contributed by atoms with Crippen LogP contribution in [0.4, 0.5) is 5.82 Å². The van der Waals surface area contributed by atoms with Gasteiger partial charge in [0.2, 0.25) is 5.91 Å². The lowest BCUT2D eigenvalue weighted by atomic mass is 10.1. The molecule has 194 valence electrons. The Bertz CT molecular complexity index is 1560. The quantitative estimate of drug-likeness (QED) is 0.329. The number of primary amides is 1. The van der Waals surface area contributed by atoms with Crippen molar-refractivity contribution in [3.05, 3.63) is 71.3 Å². The van der Waals surface area contributed by atoms with Crippen LogP contribution in [0, 0.1) is 0 Å². The summed E-state index contributed by atoms with van der Waals surface area (Å²) in [5.41, 5.74) is 7.29. The summed E-state index contributed by atoms with van der Waals surface area (Å²) in [6.07, 6.45) is 0.619. The van der Waals surface area contributed by atoms with Crippen LogP contribution in [0.5, 0.6) is 17.2 Å². The van der Waals surface area contributed by atoms with Crippen molar-refractivity contribution in [3.63, 3.8) is 0 Å². The number of methoxy groups -OCH3 is 3. The van der Waals surface area contributed by atoms with E-state index in [-0.39, 0.29) is 34.2 Å². The van der Waals surface area contributed by atoms with Gasteiger partial charge in [0.05, 0.1) is 33.3 Å². The molecule has 0 spiro atoms. The molecule has 0 bridgehead atoms. The van der Waals surface area contributed by atoms with Crippen LogP contribution in [0.25, 0.3) is 11.0 Å². The van der Waals surface area contributed by atoms with Crippen LogP contribution < -0.4 is 24.2 Å². The number of carbonyl (C=O) groups excluding carboxylic acids is 1. The van der Waals surface area contributed by atoms with Crippen molar-refractivity contribution in [2.24, 2.45) is 5.73 Å². The normalized spacial score (nSPS) is 11.4. The maximum absolute atomic E-state index is 14.3. The minimum absolute atomic E-state index is 0.0140. The van der Waals surface area contributed by atoms with E-state index < -0.39 is 15.9 Å². The topological polar surface area (TPSA) is 134 Å². The molecule has 0 unspecified atom stereocenters. The van der Waals surface area contributed by atoms with Gasteiger partial charge in [-0.05, 0) is 54.4 Å². The molecule has 0 aliphatic rings. The second kappa shape index (κ2) is 10.4. The number of ether oxygens (including phenoxy) is 3. The summed E-state index contributed by atoms with van der Waals surface area (Å²) in [5, 5.41) is 4.39. The zero-order valence-corrected chi connectivity index (χ0v) is 21.7. The average Bonchev–Trinajstić information content (AvgIpc) is 3.33. The molecule has 10 nitrogen and oxygen atoms in total. The molecule has 1 amide bonds. The van der Waals surface area contributed by atoms with Gasteiger partial charge in [-0.2, -0.15) is 0 Å². The van der Waals surface area contributed by atoms with E-state index >= 15 is 0 Å². The first kappa shape index (κ1) is 25.8. The van der Waals surface area contributed by atoms with E-state index in [0.717, 1.165) is 9.87 Å². The SMILES string of the molecule is CCc1ccc(OC)c(S(=O)(=O)N(Cc2ccc(OC)cc2OC)c2noc3ccc(C(N)=O)cc23)c1. The predicted octanol–water partition coefficient (Wildman–Crippen LogP) is 3.91. The molecule has 1 heterocycles. The first-order valence-corrected chi connectivity index (χ1v) is 12.8. The summed E-state index contributed by atoms with van der Waals surface area (Å²) in [7, 11) is 0.130. The first-order valence-electron chi connectivity index (χ1n) is 11.3. The Balaban J connectivity index is 1.96. The number of nitrogens with two attached hydrogens (primary N) is 1. The van der Waals surface area contributed by atoms with E-state index in [0.29, 0.717) is 28.9 Å². The van der Waals surface area contributed by atoms with Gasteiger partial charge in [-0.25, -0.2) is 12.7 Å². The molecule has 0 aliphatic carbocycles. The van der Waals surface area contributed by atoms with Crippen molar-refractivity contribution in [3.8, 4) is 17.2 Å². The van der Waals surface area contributed by atoms with Crippen LogP contribution >= 0.6 is 0 Å². The molecular formula is C26H27N3O7S. The fourth-order valence-corrected chi connectivity index (χ4v) is 5.54. The minimum atomic E-state index is -4.28. The summed E-state index contributed by atoms with van der Waals surface area (Å²) in [6.45, 7) is 1.76. The standard InChI is InChI=1S/C26H27N3O7S/c1-5-16-6-10-22(34-3)24(12-16)37(31,32)29(15-18-7-9-19(33-2)14-23(18)35-4)26-20-13-17(25(27)30)8-11-21(20)36-28-26/h6-14H,5,15H2,1-4H3,(H2,27,30). The lowest BCUT2D eigenvalue weighted by molar-refractivity contribution is 0.100. The van der Waals surface area contributed by atoms with E-state index in [1.807, 2.05) is 6.92 Å². The maximum Gasteiger partial charge on any atom is 0.269 e. The number of rotatable bonds is 10. The third kappa shape index (κ3) is 4.90. The highest BCUT2D eigenvalue weighted by molar-refractivity contribution is 7.93. The molecule has 2 N–H and O–H groups in total. The number of hydrogen-bond acceptors (Lipinski definition) is 8. The van der Waals surface area contributed by atoms with Gasteiger partial charge in [-0.3, -0.25) is 4.79 Å². The summed E-state index contributed by atoms with van der Waals surface area (Å²) < 4.78 is 51.3. The molecule has 0 atom stereocenters. The van der Waals surface area contributed by atoms with Crippen LogP contribution in [0.15, 0.2) is 64.0 Å². The first-order chi connectivity index (χ1) is 17.7. The number of anilines is 1. The Morgan fingerprint density at radius 2 is 1.73 bits per heavy atom. The highest BCUT2D eigenvalue weighted by Gasteiger charge is 2.33. The second-order valence-electron chi connectivity index (χ2n) is 8.11. The lowest BCUT2D eigenvalue weighted by Crippen LogP contribution is -2.31. The van der Waals surface area contributed by atoms with Gasteiger partial charge < -0.3 is 24.5 Å². The smallest absolute Gasteiger partial charge is 0.269 e. The molecule has 4 rings (SSSR count). The molecule has 0 radical (unpaired) electrons. The molecule has 11 heteroatoms. The molecule has 3 aromatic carbocycles. The van der Waals surface area contributed by atoms with Gasteiger partial charge in [-0.1, -0.05) is 18.1 Å². The monoisotopic (exact) mass is 525 g/mol. The molecule has 37 heavy (non-hydrogen) atoms. The predicted molar refractivity (Wildman–Crippen MR) is 138 cm³/mol. The molecular weight excluding hydrogens is 498 g/mol. The summed E-state index contributed by atoms with van der Waals surface area (Å²) in [6, 6.07) is 14.5. The molecule has 0 saturated heterocycles. The summed E-state index contributed by atoms with van der Waals surface area (Å²) >= 11 is 0. The number of amides is 1. The number of hydrogen-bond donors (Lipinski definition) is 1. The zero-order chi connectivity index (χ0) is 26.7. The number of benzene rings is 3. The van der Waals surface area contributed by atoms with Gasteiger partial charge in [-0.15, -0.1) is 0 Å². The van der Waals surface area contributed by atoms with E-state index in [1.54, 1.807) is 36.4 Å². The van der Waals surface area contributed by atoms with Crippen molar-refractivity contribution in [1.82, 2.24) is 5.16 Å². The summed E-state index contributed by atoms with van der Waals surface area (Å²) in [4.78, 5) is 11.8. The molecule has 0 aliphatic heterocycles. The largest absolute Gasteiger partial charge is 0.497 e. The van der Waals surface area contributed by atoms with Crippen molar-refractivity contribution in [2.75, 3.05) is 25.6 Å². The third-order valence-electron chi connectivity index (χ3n) is 5.98. The van der Waals surface area contributed by atoms with Gasteiger partial charge in [0.1, 0.15) is 22.1 Å². The maximum atomic E-state index is 14.3. The van der Waals surface area contributed by atoms with E-state index in [9.17, 15) is 13.2 Å². The van der Waals surface area contributed by atoms with Crippen LogP contribution in [0.1, 0.15) is 28.4 Å². The number of fused-ring (bicyclic) bond motifs is 1. The van der Waals surface area contributed by atoms with Crippen molar-refractivity contribution in [2.45, 2.75) is 24.8 Å². The number of aromatic nitrogens is 1. The Labute approximate surface area is 214 Å². The average molecular weight is 526 g/mol. The minimum Gasteiger partial charge on any atom is -0.497 e. The Morgan fingerprint density at radius 1 is 0.973 bits per heavy atom. The van der Waals surface area contributed by atoms with Gasteiger partial charge in [0.15, 0.2) is 11.4 Å². The van der Waals surface area contributed by atoms with E-state index in [4.69, 9.17) is 24.5 Å². The van der Waals surface area contributed by atoms with Gasteiger partial charge in [0.25, 0.3) is 10.0 Å². The molecule has 0 fully saturated rings. The van der Waals surface area contributed by atoms with Crippen LogP contribution in [0.3, 0.4) is 0 Å². The molecule has 1 aromatic heterocycles. The van der Waals surface area contributed by atoms with Crippen LogP contribution in [0.2, 0.25) is 0 Å². The van der Waals surface area contributed by atoms with Crippen molar-refractivity contribution < 1.29 is 31.9 Å². The Kier molecular flexibility index (Phi) is 7.25. The van der Waals surface area contributed by atoms with Crippen molar-refractivity contribution in [1.29, 1.82) is 0 Å². The molecule has 4 aromatic rings. The zero-order valence-electron chi connectivity index (χ0n) is 20.8. The van der Waals surface area contributed by atoms with Gasteiger partial charge >= 0.3 is 0 Å². The van der Waals surface area contributed by atoms with E-state index in [2.05, 4.69) is 5.16 Å². The fraction of sp³-hybridized carbons (Fsp3) is 0.231. The van der Waals surface area contributed by atoms with Crippen LogP contribution in [-0.4, -0.2) is 40.8 Å². The Morgan fingerprint density at radius 3 is 2.38 bits per heavy atom. The summed E-state index contributed by atoms with van der Waals surface area (Å²) in [5.74, 6) is 0.455. The number of sulfonamides is 1. The number of aryl methyl sites for hydroxylation is 1. The highest BCUT2D eigenvalue weighted by atomic mass is 32.2. The van der Waals surface area contributed by atoms with Crippen molar-refractivity contribution >= 4 is 32.7 Å². The second-order valence-corrected chi connectivity index (χ2v) is 9.94. The number of nitrogens with zero attached hydrogens (tertiary/aromatic N) is 2. The van der Waals surface area contributed by atoms with Gasteiger partial charge in [0, 0.05) is 17.2 Å². The third-order valence-corrected chi connectivity index (χ3v) is 7.74. The molecule has 0 saturated carbocycles. The fourth-order valence-electron chi connectivity index (χ4n) is 3.93. The number of carbonyl (C=O) groups is 1. The van der Waals surface area contributed by atoms with E-state index in [1.165, 1.54) is 39.5 Å². The Hall–Kier alpha value is -4.25. The lowest BCUT2D eigenvalue weighted by Gasteiger charge is -2.24.